The van der Waals surface area contributed by atoms with Gasteiger partial charge in [-0.15, -0.1) is 0 Å². The van der Waals surface area contributed by atoms with Crippen molar-refractivity contribution in [1.29, 1.82) is 0 Å². The van der Waals surface area contributed by atoms with Gasteiger partial charge in [-0.1, -0.05) is 12.1 Å². The molecule has 2 aromatic rings. The zero-order valence-electron chi connectivity index (χ0n) is 11.0. The molecule has 0 aliphatic rings. The van der Waals surface area contributed by atoms with Gasteiger partial charge < -0.3 is 4.74 Å². The number of halogens is 1. The van der Waals surface area contributed by atoms with Gasteiger partial charge in [-0.3, -0.25) is 4.98 Å². The number of hydrogen-bond donors (Lipinski definition) is 0. The minimum Gasteiger partial charge on any atom is -0.465 e. The van der Waals surface area contributed by atoms with E-state index in [1.807, 2.05) is 6.92 Å². The van der Waals surface area contributed by atoms with Crippen molar-refractivity contribution < 1.29 is 13.9 Å². The molecule has 3 nitrogen and oxygen atoms in total. The van der Waals surface area contributed by atoms with E-state index in [0.29, 0.717) is 16.8 Å². The second-order valence-corrected chi connectivity index (χ2v) is 4.27. The maximum Gasteiger partial charge on any atom is 0.340 e. The van der Waals surface area contributed by atoms with Crippen LogP contribution in [0.4, 0.5) is 4.39 Å². The highest BCUT2D eigenvalue weighted by Crippen LogP contribution is 2.27. The minimum atomic E-state index is -0.440. The Hall–Kier alpha value is -2.23. The van der Waals surface area contributed by atoms with Crippen molar-refractivity contribution in [3.8, 4) is 11.1 Å². The van der Waals surface area contributed by atoms with Gasteiger partial charge in [0.1, 0.15) is 5.82 Å². The van der Waals surface area contributed by atoms with Crippen LogP contribution in [0.1, 0.15) is 21.7 Å². The van der Waals surface area contributed by atoms with Crippen molar-refractivity contribution in [2.24, 2.45) is 0 Å². The molecular formula is C15H14FNO2. The van der Waals surface area contributed by atoms with Crippen LogP contribution in [0.25, 0.3) is 11.1 Å². The van der Waals surface area contributed by atoms with Gasteiger partial charge in [-0.25, -0.2) is 9.18 Å². The Morgan fingerprint density at radius 1 is 1.21 bits per heavy atom. The number of esters is 1. The van der Waals surface area contributed by atoms with Gasteiger partial charge in [0.15, 0.2) is 0 Å². The molecule has 0 bridgehead atoms. The lowest BCUT2D eigenvalue weighted by molar-refractivity contribution is 0.0600. The molecule has 1 aromatic heterocycles. The molecule has 19 heavy (non-hydrogen) atoms. The second-order valence-electron chi connectivity index (χ2n) is 4.27. The number of carbonyl (C=O) groups excluding carboxylic acids is 1. The molecule has 4 heteroatoms. The highest BCUT2D eigenvalue weighted by atomic mass is 19.1. The summed E-state index contributed by atoms with van der Waals surface area (Å²) in [5.74, 6) is -0.754. The van der Waals surface area contributed by atoms with Crippen LogP contribution >= 0.6 is 0 Å². The third kappa shape index (κ3) is 2.62. The largest absolute Gasteiger partial charge is 0.465 e. The first-order valence-corrected chi connectivity index (χ1v) is 5.85. The SMILES string of the molecule is COC(=O)c1c(-c2ccc(F)cc2)cc(C)nc1C. The Bertz CT molecular complexity index is 621. The number of carbonyl (C=O) groups is 1. The molecule has 0 amide bonds. The van der Waals surface area contributed by atoms with Crippen LogP contribution in [-0.2, 0) is 4.74 Å². The topological polar surface area (TPSA) is 39.2 Å². The number of ether oxygens (including phenoxy) is 1. The van der Waals surface area contributed by atoms with Crippen molar-refractivity contribution in [3.63, 3.8) is 0 Å². The van der Waals surface area contributed by atoms with Crippen LogP contribution in [0, 0.1) is 19.7 Å². The predicted molar refractivity (Wildman–Crippen MR) is 70.4 cm³/mol. The summed E-state index contributed by atoms with van der Waals surface area (Å²) in [6.07, 6.45) is 0. The lowest BCUT2D eigenvalue weighted by Crippen LogP contribution is -2.08. The third-order valence-corrected chi connectivity index (χ3v) is 2.87. The van der Waals surface area contributed by atoms with Crippen LogP contribution < -0.4 is 0 Å². The first-order valence-electron chi connectivity index (χ1n) is 5.85. The van der Waals surface area contributed by atoms with Crippen molar-refractivity contribution in [2.45, 2.75) is 13.8 Å². The molecule has 2 rings (SSSR count). The lowest BCUT2D eigenvalue weighted by Gasteiger charge is -2.11. The number of hydrogen-bond acceptors (Lipinski definition) is 3. The van der Waals surface area contributed by atoms with E-state index in [-0.39, 0.29) is 5.82 Å². The van der Waals surface area contributed by atoms with Gasteiger partial charge in [0.05, 0.1) is 18.4 Å². The number of aromatic nitrogens is 1. The smallest absolute Gasteiger partial charge is 0.340 e. The molecule has 0 fully saturated rings. The van der Waals surface area contributed by atoms with E-state index in [2.05, 4.69) is 4.98 Å². The maximum atomic E-state index is 13.0. The molecule has 0 saturated carbocycles. The van der Waals surface area contributed by atoms with Crippen LogP contribution in [0.5, 0.6) is 0 Å². The standard InChI is InChI=1S/C15H14FNO2/c1-9-8-13(11-4-6-12(16)7-5-11)14(10(2)17-9)15(18)19-3/h4-8H,1-3H3. The van der Waals surface area contributed by atoms with Crippen molar-refractivity contribution in [2.75, 3.05) is 7.11 Å². The van der Waals surface area contributed by atoms with Gasteiger partial charge in [-0.05, 0) is 43.2 Å². The number of aryl methyl sites for hydroxylation is 2. The third-order valence-electron chi connectivity index (χ3n) is 2.87. The van der Waals surface area contributed by atoms with Gasteiger partial charge in [0.25, 0.3) is 0 Å². The van der Waals surface area contributed by atoms with Crippen LogP contribution in [0.15, 0.2) is 30.3 Å². The van der Waals surface area contributed by atoms with Gasteiger partial charge in [0, 0.05) is 5.69 Å². The molecule has 0 aliphatic heterocycles. The molecule has 0 N–H and O–H groups in total. The average molecular weight is 259 g/mol. The Morgan fingerprint density at radius 3 is 2.42 bits per heavy atom. The highest BCUT2D eigenvalue weighted by Gasteiger charge is 2.18. The molecule has 0 spiro atoms. The van der Waals surface area contributed by atoms with Gasteiger partial charge in [-0.2, -0.15) is 0 Å². The number of methoxy groups -OCH3 is 1. The first-order chi connectivity index (χ1) is 9.02. The Morgan fingerprint density at radius 2 is 1.84 bits per heavy atom. The summed E-state index contributed by atoms with van der Waals surface area (Å²) in [4.78, 5) is 16.1. The zero-order chi connectivity index (χ0) is 14.0. The first kappa shape index (κ1) is 13.2. The Balaban J connectivity index is 2.67. The number of nitrogens with zero attached hydrogens (tertiary/aromatic N) is 1. The number of pyridine rings is 1. The van der Waals surface area contributed by atoms with E-state index in [0.717, 1.165) is 11.3 Å². The normalized spacial score (nSPS) is 10.3. The molecule has 0 radical (unpaired) electrons. The van der Waals surface area contributed by atoms with E-state index >= 15 is 0 Å². The molecule has 1 aromatic carbocycles. The number of rotatable bonds is 2. The summed E-state index contributed by atoms with van der Waals surface area (Å²) in [5.41, 5.74) is 3.28. The average Bonchev–Trinajstić information content (AvgIpc) is 2.38. The molecule has 98 valence electrons. The second kappa shape index (κ2) is 5.18. The van der Waals surface area contributed by atoms with Crippen LogP contribution in [-0.4, -0.2) is 18.1 Å². The summed E-state index contributed by atoms with van der Waals surface area (Å²) < 4.78 is 17.8. The fourth-order valence-electron chi connectivity index (χ4n) is 2.05. The summed E-state index contributed by atoms with van der Waals surface area (Å²) >= 11 is 0. The highest BCUT2D eigenvalue weighted by molar-refractivity contribution is 5.98. The van der Waals surface area contributed by atoms with E-state index in [9.17, 15) is 9.18 Å². The summed E-state index contributed by atoms with van der Waals surface area (Å²) in [6.45, 7) is 3.60. The van der Waals surface area contributed by atoms with Gasteiger partial charge in [0.2, 0.25) is 0 Å². The van der Waals surface area contributed by atoms with Crippen molar-refractivity contribution >= 4 is 5.97 Å². The molecule has 0 atom stereocenters. The molecule has 0 aliphatic carbocycles. The molecular weight excluding hydrogens is 245 g/mol. The fraction of sp³-hybridized carbons (Fsp3) is 0.200. The monoisotopic (exact) mass is 259 g/mol. The van der Waals surface area contributed by atoms with Crippen LogP contribution in [0.3, 0.4) is 0 Å². The van der Waals surface area contributed by atoms with E-state index in [1.54, 1.807) is 25.1 Å². The maximum absolute atomic E-state index is 13.0. The zero-order valence-corrected chi connectivity index (χ0v) is 11.0. The number of benzene rings is 1. The summed E-state index contributed by atoms with van der Waals surface area (Å²) in [7, 11) is 1.33. The minimum absolute atomic E-state index is 0.314. The Labute approximate surface area is 111 Å². The lowest BCUT2D eigenvalue weighted by atomic mass is 9.98. The summed E-state index contributed by atoms with van der Waals surface area (Å²) in [5, 5.41) is 0. The van der Waals surface area contributed by atoms with E-state index in [4.69, 9.17) is 4.74 Å². The van der Waals surface area contributed by atoms with Crippen LogP contribution in [0.2, 0.25) is 0 Å². The molecule has 1 heterocycles. The molecule has 0 unspecified atom stereocenters. The van der Waals surface area contributed by atoms with Crippen molar-refractivity contribution in [1.82, 2.24) is 4.98 Å². The van der Waals surface area contributed by atoms with Crippen molar-refractivity contribution in [3.05, 3.63) is 53.1 Å². The van der Waals surface area contributed by atoms with E-state index in [1.165, 1.54) is 19.2 Å². The summed E-state index contributed by atoms with van der Waals surface area (Å²) in [6, 6.07) is 7.79. The fourth-order valence-corrected chi connectivity index (χ4v) is 2.05. The Kier molecular flexibility index (Phi) is 3.60. The van der Waals surface area contributed by atoms with Gasteiger partial charge >= 0.3 is 5.97 Å². The quantitative estimate of drug-likeness (QED) is 0.777. The molecule has 0 saturated heterocycles. The van der Waals surface area contributed by atoms with E-state index < -0.39 is 5.97 Å². The predicted octanol–water partition coefficient (Wildman–Crippen LogP) is 3.29.